The quantitative estimate of drug-likeness (QED) is 0.609. The molecule has 0 aromatic heterocycles. The van der Waals surface area contributed by atoms with Crippen LogP contribution in [0.15, 0.2) is 29.0 Å². The van der Waals surface area contributed by atoms with E-state index in [-0.39, 0.29) is 0 Å². The highest BCUT2D eigenvalue weighted by Gasteiger charge is 2.02. The first kappa shape index (κ1) is 7.85. The van der Waals surface area contributed by atoms with Crippen LogP contribution in [0.25, 0.3) is 0 Å². The Balaban J connectivity index is 2.69. The van der Waals surface area contributed by atoms with E-state index in [2.05, 4.69) is 10.3 Å². The van der Waals surface area contributed by atoms with Crippen molar-refractivity contribution in [3.05, 3.63) is 24.0 Å². The van der Waals surface area contributed by atoms with Gasteiger partial charge in [0.15, 0.2) is 5.90 Å². The van der Waals surface area contributed by atoms with Crippen LogP contribution in [0.2, 0.25) is 0 Å². The van der Waals surface area contributed by atoms with Gasteiger partial charge in [0, 0.05) is 18.9 Å². The maximum Gasteiger partial charge on any atom is 0.193 e. The molecule has 1 heterocycles. The van der Waals surface area contributed by atoms with Gasteiger partial charge in [0.2, 0.25) is 0 Å². The summed E-state index contributed by atoms with van der Waals surface area (Å²) >= 11 is 0. The summed E-state index contributed by atoms with van der Waals surface area (Å²) in [5.74, 6) is 0.736. The molecule has 60 valence electrons. The molecule has 0 saturated carbocycles. The van der Waals surface area contributed by atoms with Crippen LogP contribution in [0.3, 0.4) is 0 Å². The molecule has 0 aromatic carbocycles. The van der Waals surface area contributed by atoms with Crippen LogP contribution < -0.4 is 5.32 Å². The molecule has 0 saturated heterocycles. The normalized spacial score (nSPS) is 16.5. The standard InChI is InChI=1S/C8H12N2O/c1-9-7-4-3-5-10-8(6-7)11-2/h3-5,9H,6H2,1-2H3. The molecule has 1 rings (SSSR count). The number of allylic oxidation sites excluding steroid dienone is 2. The van der Waals surface area contributed by atoms with Gasteiger partial charge in [-0.05, 0) is 12.2 Å². The third-order valence-corrected chi connectivity index (χ3v) is 1.50. The second-order valence-corrected chi connectivity index (χ2v) is 2.19. The van der Waals surface area contributed by atoms with Gasteiger partial charge in [-0.1, -0.05) is 0 Å². The summed E-state index contributed by atoms with van der Waals surface area (Å²) in [7, 11) is 3.52. The molecule has 0 radical (unpaired) electrons. The van der Waals surface area contributed by atoms with Gasteiger partial charge in [-0.3, -0.25) is 0 Å². The molecule has 1 aliphatic heterocycles. The van der Waals surface area contributed by atoms with E-state index in [1.54, 1.807) is 13.3 Å². The van der Waals surface area contributed by atoms with Crippen LogP contribution in [-0.2, 0) is 4.74 Å². The zero-order chi connectivity index (χ0) is 8.10. The largest absolute Gasteiger partial charge is 0.484 e. The minimum Gasteiger partial charge on any atom is -0.484 e. The van der Waals surface area contributed by atoms with Gasteiger partial charge >= 0.3 is 0 Å². The number of aliphatic imine (C=N–C) groups is 1. The van der Waals surface area contributed by atoms with E-state index in [9.17, 15) is 0 Å². The molecule has 11 heavy (non-hydrogen) atoms. The third kappa shape index (κ3) is 2.11. The van der Waals surface area contributed by atoms with Gasteiger partial charge in [-0.2, -0.15) is 0 Å². The van der Waals surface area contributed by atoms with Crippen LogP contribution in [0.1, 0.15) is 6.42 Å². The van der Waals surface area contributed by atoms with Crippen molar-refractivity contribution in [2.45, 2.75) is 6.42 Å². The van der Waals surface area contributed by atoms with E-state index in [1.807, 2.05) is 19.2 Å². The summed E-state index contributed by atoms with van der Waals surface area (Å²) in [6.07, 6.45) is 6.33. The Bertz CT molecular complexity index is 194. The minimum atomic E-state index is 0.736. The van der Waals surface area contributed by atoms with Crippen molar-refractivity contribution < 1.29 is 4.74 Å². The van der Waals surface area contributed by atoms with Crippen LogP contribution >= 0.6 is 0 Å². The lowest BCUT2D eigenvalue weighted by Crippen LogP contribution is -2.11. The maximum atomic E-state index is 5.02. The van der Waals surface area contributed by atoms with Crippen LogP contribution in [0, 0.1) is 0 Å². The van der Waals surface area contributed by atoms with E-state index in [1.165, 1.54) is 0 Å². The SMILES string of the molecule is CNC1=CC=CN=C(OC)C1. The van der Waals surface area contributed by atoms with Crippen molar-refractivity contribution in [2.75, 3.05) is 14.2 Å². The van der Waals surface area contributed by atoms with Crippen molar-refractivity contribution in [3.63, 3.8) is 0 Å². The van der Waals surface area contributed by atoms with Gasteiger partial charge in [0.1, 0.15) is 0 Å². The number of rotatable bonds is 1. The number of nitrogens with one attached hydrogen (secondary N) is 1. The monoisotopic (exact) mass is 152 g/mol. The van der Waals surface area contributed by atoms with Crippen LogP contribution in [0.5, 0.6) is 0 Å². The van der Waals surface area contributed by atoms with Gasteiger partial charge in [0.05, 0.1) is 13.5 Å². The summed E-state index contributed by atoms with van der Waals surface area (Å²) in [6.45, 7) is 0. The predicted molar refractivity (Wildman–Crippen MR) is 45.3 cm³/mol. The van der Waals surface area contributed by atoms with E-state index < -0.39 is 0 Å². The van der Waals surface area contributed by atoms with Crippen molar-refractivity contribution >= 4 is 5.90 Å². The maximum absolute atomic E-state index is 5.02. The molecule has 0 aliphatic carbocycles. The first-order valence-corrected chi connectivity index (χ1v) is 3.51. The summed E-state index contributed by atoms with van der Waals surface area (Å²) in [4.78, 5) is 4.06. The Labute approximate surface area is 66.5 Å². The molecule has 0 spiro atoms. The van der Waals surface area contributed by atoms with E-state index in [0.717, 1.165) is 18.0 Å². The molecular weight excluding hydrogens is 140 g/mol. The van der Waals surface area contributed by atoms with Crippen molar-refractivity contribution in [2.24, 2.45) is 4.99 Å². The number of hydrogen-bond donors (Lipinski definition) is 1. The second-order valence-electron chi connectivity index (χ2n) is 2.19. The van der Waals surface area contributed by atoms with E-state index in [0.29, 0.717) is 0 Å². The zero-order valence-electron chi connectivity index (χ0n) is 6.79. The smallest absolute Gasteiger partial charge is 0.193 e. The summed E-state index contributed by atoms with van der Waals surface area (Å²) in [5, 5.41) is 3.06. The highest BCUT2D eigenvalue weighted by atomic mass is 16.5. The van der Waals surface area contributed by atoms with Gasteiger partial charge in [-0.15, -0.1) is 0 Å². The Morgan fingerprint density at radius 1 is 1.64 bits per heavy atom. The molecule has 1 aliphatic rings. The fourth-order valence-electron chi connectivity index (χ4n) is 0.849. The highest BCUT2D eigenvalue weighted by Crippen LogP contribution is 2.04. The predicted octanol–water partition coefficient (Wildman–Crippen LogP) is 1.05. The average molecular weight is 152 g/mol. The molecule has 3 heteroatoms. The number of hydrogen-bond acceptors (Lipinski definition) is 3. The molecule has 3 nitrogen and oxygen atoms in total. The van der Waals surface area contributed by atoms with E-state index >= 15 is 0 Å². The Morgan fingerprint density at radius 3 is 3.09 bits per heavy atom. The average Bonchev–Trinajstić information content (AvgIpc) is 2.28. The van der Waals surface area contributed by atoms with Gasteiger partial charge in [-0.25, -0.2) is 4.99 Å². The molecule has 0 aromatic rings. The van der Waals surface area contributed by atoms with Crippen molar-refractivity contribution in [3.8, 4) is 0 Å². The molecule has 0 unspecified atom stereocenters. The summed E-state index contributed by atoms with van der Waals surface area (Å²) < 4.78 is 5.02. The Kier molecular flexibility index (Phi) is 2.72. The van der Waals surface area contributed by atoms with Crippen molar-refractivity contribution in [1.82, 2.24) is 5.32 Å². The Morgan fingerprint density at radius 2 is 2.45 bits per heavy atom. The van der Waals surface area contributed by atoms with Crippen LogP contribution in [0.4, 0.5) is 0 Å². The fourth-order valence-corrected chi connectivity index (χ4v) is 0.849. The number of methoxy groups -OCH3 is 1. The lowest BCUT2D eigenvalue weighted by atomic mass is 10.3. The molecule has 1 N–H and O–H groups in total. The van der Waals surface area contributed by atoms with Crippen LogP contribution in [-0.4, -0.2) is 20.1 Å². The third-order valence-electron chi connectivity index (χ3n) is 1.50. The molecule has 0 atom stereocenters. The highest BCUT2D eigenvalue weighted by molar-refractivity contribution is 5.79. The van der Waals surface area contributed by atoms with E-state index in [4.69, 9.17) is 4.74 Å². The lowest BCUT2D eigenvalue weighted by Gasteiger charge is -2.05. The second kappa shape index (κ2) is 3.81. The molecule has 0 amide bonds. The van der Waals surface area contributed by atoms with Crippen molar-refractivity contribution in [1.29, 1.82) is 0 Å². The summed E-state index contributed by atoms with van der Waals surface area (Å²) in [5.41, 5.74) is 1.11. The minimum absolute atomic E-state index is 0.736. The Hall–Kier alpha value is -1.25. The van der Waals surface area contributed by atoms with Gasteiger partial charge < -0.3 is 10.1 Å². The topological polar surface area (TPSA) is 33.6 Å². The molecule has 0 bridgehead atoms. The zero-order valence-corrected chi connectivity index (χ0v) is 6.79. The fraction of sp³-hybridized carbons (Fsp3) is 0.375. The number of nitrogens with zero attached hydrogens (tertiary/aromatic N) is 1. The number of ether oxygens (including phenoxy) is 1. The molecule has 0 fully saturated rings. The summed E-state index contributed by atoms with van der Waals surface area (Å²) in [6, 6.07) is 0. The molecular formula is C8H12N2O. The van der Waals surface area contributed by atoms with Gasteiger partial charge in [0.25, 0.3) is 0 Å². The first-order valence-electron chi connectivity index (χ1n) is 3.51. The first-order chi connectivity index (χ1) is 5.36. The lowest BCUT2D eigenvalue weighted by molar-refractivity contribution is 0.393.